The molecular formula is C19H28N6O2S. The summed E-state index contributed by atoms with van der Waals surface area (Å²) in [6, 6.07) is 3.63. The summed E-state index contributed by atoms with van der Waals surface area (Å²) in [4.78, 5) is 7.00. The number of pyridine rings is 1. The number of rotatable bonds is 6. The van der Waals surface area contributed by atoms with Crippen LogP contribution in [-0.4, -0.2) is 52.1 Å². The van der Waals surface area contributed by atoms with Gasteiger partial charge in [-0.3, -0.25) is 0 Å². The lowest BCUT2D eigenvalue weighted by atomic mass is 10.2. The minimum Gasteiger partial charge on any atom is -0.346 e. The fraction of sp³-hybridized carbons (Fsp3) is 0.632. The molecule has 9 heteroatoms. The molecule has 2 aromatic heterocycles. The summed E-state index contributed by atoms with van der Waals surface area (Å²) >= 11 is 0. The molecule has 2 aliphatic heterocycles. The molecule has 2 saturated heterocycles. The van der Waals surface area contributed by atoms with Crippen molar-refractivity contribution < 1.29 is 8.42 Å². The molecule has 0 amide bonds. The second kappa shape index (κ2) is 7.79. The summed E-state index contributed by atoms with van der Waals surface area (Å²) in [5.41, 5.74) is 0. The fourth-order valence-electron chi connectivity index (χ4n) is 4.14. The van der Waals surface area contributed by atoms with Crippen LogP contribution in [-0.2, 0) is 16.6 Å². The Morgan fingerprint density at radius 2 is 1.93 bits per heavy atom. The highest BCUT2D eigenvalue weighted by atomic mass is 32.2. The van der Waals surface area contributed by atoms with E-state index in [9.17, 15) is 8.42 Å². The van der Waals surface area contributed by atoms with Crippen molar-refractivity contribution in [2.24, 2.45) is 5.92 Å². The zero-order valence-electron chi connectivity index (χ0n) is 16.5. The largest absolute Gasteiger partial charge is 0.346 e. The van der Waals surface area contributed by atoms with Crippen molar-refractivity contribution in [3.63, 3.8) is 0 Å². The summed E-state index contributed by atoms with van der Waals surface area (Å²) in [5.74, 6) is 2.27. The van der Waals surface area contributed by atoms with E-state index in [1.165, 1.54) is 6.20 Å². The molecule has 0 spiro atoms. The Balaban J connectivity index is 1.56. The molecule has 1 unspecified atom stereocenters. The van der Waals surface area contributed by atoms with Gasteiger partial charge >= 0.3 is 0 Å². The van der Waals surface area contributed by atoms with E-state index in [4.69, 9.17) is 0 Å². The topological polar surface area (TPSA) is 84.2 Å². The van der Waals surface area contributed by atoms with Gasteiger partial charge < -0.3 is 9.47 Å². The lowest BCUT2D eigenvalue weighted by molar-refractivity contribution is 0.477. The van der Waals surface area contributed by atoms with Crippen molar-refractivity contribution in [2.75, 3.05) is 24.5 Å². The van der Waals surface area contributed by atoms with Gasteiger partial charge in [0.15, 0.2) is 5.82 Å². The number of anilines is 1. The smallest absolute Gasteiger partial charge is 0.244 e. The first-order valence-electron chi connectivity index (χ1n) is 10.1. The van der Waals surface area contributed by atoms with Gasteiger partial charge in [0.1, 0.15) is 17.0 Å². The molecule has 0 N–H and O–H groups in total. The highest BCUT2D eigenvalue weighted by Crippen LogP contribution is 2.34. The van der Waals surface area contributed by atoms with Crippen molar-refractivity contribution in [3.05, 3.63) is 30.5 Å². The Morgan fingerprint density at radius 3 is 2.61 bits per heavy atom. The fourth-order valence-corrected chi connectivity index (χ4v) is 5.60. The van der Waals surface area contributed by atoms with Crippen LogP contribution in [0, 0.1) is 5.92 Å². The molecule has 2 aromatic rings. The normalized spacial score (nSPS) is 21.1. The highest BCUT2D eigenvalue weighted by Gasteiger charge is 2.32. The Labute approximate surface area is 166 Å². The molecule has 0 saturated carbocycles. The van der Waals surface area contributed by atoms with Gasteiger partial charge in [0.25, 0.3) is 0 Å². The van der Waals surface area contributed by atoms with Crippen LogP contribution < -0.4 is 4.90 Å². The van der Waals surface area contributed by atoms with Crippen LogP contribution >= 0.6 is 0 Å². The zero-order chi connectivity index (χ0) is 19.7. The van der Waals surface area contributed by atoms with Crippen molar-refractivity contribution >= 4 is 15.8 Å². The number of nitrogens with zero attached hydrogens (tertiary/aromatic N) is 6. The van der Waals surface area contributed by atoms with Crippen LogP contribution in [0.4, 0.5) is 5.82 Å². The van der Waals surface area contributed by atoms with Crippen LogP contribution in [0.1, 0.15) is 51.4 Å². The molecule has 2 fully saturated rings. The van der Waals surface area contributed by atoms with Crippen LogP contribution in [0.3, 0.4) is 0 Å². The molecule has 0 aromatic carbocycles. The van der Waals surface area contributed by atoms with Gasteiger partial charge in [-0.25, -0.2) is 13.4 Å². The number of hydrogen-bond acceptors (Lipinski definition) is 6. The second-order valence-electron chi connectivity index (χ2n) is 8.05. The van der Waals surface area contributed by atoms with E-state index in [0.29, 0.717) is 19.0 Å². The molecule has 152 valence electrons. The van der Waals surface area contributed by atoms with Gasteiger partial charge in [-0.05, 0) is 43.7 Å². The minimum atomic E-state index is -3.43. The molecule has 0 bridgehead atoms. The Bertz CT molecular complexity index is 903. The van der Waals surface area contributed by atoms with Crippen LogP contribution in [0.5, 0.6) is 0 Å². The monoisotopic (exact) mass is 404 g/mol. The molecule has 4 rings (SSSR count). The maximum atomic E-state index is 12.7. The average molecular weight is 405 g/mol. The lowest BCUT2D eigenvalue weighted by Crippen LogP contribution is -2.29. The van der Waals surface area contributed by atoms with Crippen molar-refractivity contribution in [2.45, 2.75) is 57.0 Å². The summed E-state index contributed by atoms with van der Waals surface area (Å²) in [6.07, 6.45) is 7.19. The predicted octanol–water partition coefficient (Wildman–Crippen LogP) is 2.46. The van der Waals surface area contributed by atoms with Crippen molar-refractivity contribution in [1.82, 2.24) is 24.1 Å². The molecular weight excluding hydrogens is 376 g/mol. The SMILES string of the molecule is CC(C)Cn1cnnc1C1CCCN1c1ccc(S(=O)(=O)N2CCCC2)cn1. The lowest BCUT2D eigenvalue weighted by Gasteiger charge is -2.26. The Morgan fingerprint density at radius 1 is 1.14 bits per heavy atom. The summed E-state index contributed by atoms with van der Waals surface area (Å²) in [7, 11) is -3.43. The van der Waals surface area contributed by atoms with Crippen LogP contribution in [0.25, 0.3) is 0 Å². The standard InChI is InChI=1S/C19H28N6O2S/c1-15(2)13-23-14-21-22-19(23)17-6-5-11-25(17)18-8-7-16(12-20-18)28(26,27)24-9-3-4-10-24/h7-8,12,14-15,17H,3-6,9-11,13H2,1-2H3. The first-order chi connectivity index (χ1) is 13.5. The maximum absolute atomic E-state index is 12.7. The third kappa shape index (κ3) is 3.65. The van der Waals surface area contributed by atoms with E-state index in [2.05, 4.69) is 38.5 Å². The van der Waals surface area contributed by atoms with E-state index in [-0.39, 0.29) is 10.9 Å². The van der Waals surface area contributed by atoms with Gasteiger partial charge in [0.2, 0.25) is 10.0 Å². The Kier molecular flexibility index (Phi) is 5.37. The zero-order valence-corrected chi connectivity index (χ0v) is 17.3. The van der Waals surface area contributed by atoms with Crippen molar-refractivity contribution in [3.8, 4) is 0 Å². The third-order valence-corrected chi connectivity index (χ3v) is 7.36. The van der Waals surface area contributed by atoms with Crippen LogP contribution in [0.15, 0.2) is 29.6 Å². The summed E-state index contributed by atoms with van der Waals surface area (Å²) in [5, 5.41) is 8.50. The van der Waals surface area contributed by atoms with E-state index in [1.807, 2.05) is 6.07 Å². The quantitative estimate of drug-likeness (QED) is 0.735. The summed E-state index contributed by atoms with van der Waals surface area (Å²) in [6.45, 7) is 7.32. The second-order valence-corrected chi connectivity index (χ2v) is 9.99. The van der Waals surface area contributed by atoms with Crippen molar-refractivity contribution in [1.29, 1.82) is 0 Å². The van der Waals surface area contributed by atoms with E-state index in [0.717, 1.165) is 50.4 Å². The first kappa shape index (κ1) is 19.3. The molecule has 0 radical (unpaired) electrons. The molecule has 0 aliphatic carbocycles. The molecule has 2 aliphatic rings. The molecule has 8 nitrogen and oxygen atoms in total. The Hall–Kier alpha value is -2.00. The molecule has 4 heterocycles. The molecule has 1 atom stereocenters. The van der Waals surface area contributed by atoms with Gasteiger partial charge in [-0.15, -0.1) is 10.2 Å². The highest BCUT2D eigenvalue weighted by molar-refractivity contribution is 7.89. The predicted molar refractivity (Wildman–Crippen MR) is 106 cm³/mol. The third-order valence-electron chi connectivity index (χ3n) is 5.48. The number of aromatic nitrogens is 4. The van der Waals surface area contributed by atoms with Crippen LogP contribution in [0.2, 0.25) is 0 Å². The van der Waals surface area contributed by atoms with Gasteiger partial charge in [0, 0.05) is 32.4 Å². The van der Waals surface area contributed by atoms with E-state index < -0.39 is 10.0 Å². The maximum Gasteiger partial charge on any atom is 0.244 e. The van der Waals surface area contributed by atoms with Gasteiger partial charge in [-0.2, -0.15) is 4.31 Å². The van der Waals surface area contributed by atoms with Gasteiger partial charge in [-0.1, -0.05) is 13.8 Å². The minimum absolute atomic E-state index is 0.120. The summed E-state index contributed by atoms with van der Waals surface area (Å²) < 4.78 is 29.1. The average Bonchev–Trinajstić information content (AvgIpc) is 3.42. The number of sulfonamides is 1. The molecule has 28 heavy (non-hydrogen) atoms. The van der Waals surface area contributed by atoms with Gasteiger partial charge in [0.05, 0.1) is 6.04 Å². The van der Waals surface area contributed by atoms with E-state index >= 15 is 0 Å². The number of hydrogen-bond donors (Lipinski definition) is 0. The van der Waals surface area contributed by atoms with E-state index in [1.54, 1.807) is 16.7 Å². The first-order valence-corrected chi connectivity index (χ1v) is 11.5.